The molecule has 0 radical (unpaired) electrons. The van der Waals surface area contributed by atoms with Gasteiger partial charge in [-0.25, -0.2) is 13.6 Å². The highest BCUT2D eigenvalue weighted by Gasteiger charge is 2.26. The third-order valence-corrected chi connectivity index (χ3v) is 3.47. The van der Waals surface area contributed by atoms with E-state index < -0.39 is 40.1 Å². The normalized spacial score (nSPS) is 11.7. The van der Waals surface area contributed by atoms with E-state index in [1.807, 2.05) is 0 Å². The van der Waals surface area contributed by atoms with Crippen molar-refractivity contribution in [2.75, 3.05) is 0 Å². The number of ketones is 1. The second kappa shape index (κ2) is 7.35. The molecule has 0 aliphatic carbocycles. The molecule has 0 spiro atoms. The monoisotopic (exact) mass is 369 g/mol. The zero-order valence-electron chi connectivity index (χ0n) is 12.7. The summed E-state index contributed by atoms with van der Waals surface area (Å²) >= 11 is 5.65. The van der Waals surface area contributed by atoms with Crippen LogP contribution in [0.15, 0.2) is 36.4 Å². The average molecular weight is 370 g/mol. The van der Waals surface area contributed by atoms with E-state index >= 15 is 0 Å². The standard InChI is InChI=1S/C16H10ClF2NO5/c1-8(15(21)9-2-5-12(18)13(19)6-9)25-16(22)11-4-3-10(17)7-14(11)20(23)24/h2-8H,1H3/t8-/m0/s1. The van der Waals surface area contributed by atoms with Gasteiger partial charge in [-0.3, -0.25) is 14.9 Å². The molecule has 2 aromatic carbocycles. The molecule has 0 aliphatic heterocycles. The van der Waals surface area contributed by atoms with Crippen molar-refractivity contribution < 1.29 is 28.0 Å². The van der Waals surface area contributed by atoms with Gasteiger partial charge in [-0.15, -0.1) is 0 Å². The van der Waals surface area contributed by atoms with E-state index in [0.29, 0.717) is 6.07 Å². The number of esters is 1. The van der Waals surface area contributed by atoms with Crippen molar-refractivity contribution in [2.45, 2.75) is 13.0 Å². The first-order chi connectivity index (χ1) is 11.7. The molecule has 25 heavy (non-hydrogen) atoms. The second-order valence-electron chi connectivity index (χ2n) is 4.96. The number of ether oxygens (including phenoxy) is 1. The van der Waals surface area contributed by atoms with E-state index in [1.165, 1.54) is 13.0 Å². The molecule has 0 heterocycles. The van der Waals surface area contributed by atoms with E-state index in [-0.39, 0.29) is 16.1 Å². The number of benzene rings is 2. The molecule has 2 aromatic rings. The van der Waals surface area contributed by atoms with Crippen molar-refractivity contribution in [3.05, 3.63) is 74.3 Å². The van der Waals surface area contributed by atoms with Crippen LogP contribution in [0, 0.1) is 21.7 Å². The highest BCUT2D eigenvalue weighted by molar-refractivity contribution is 6.31. The van der Waals surface area contributed by atoms with Crippen LogP contribution in [0.3, 0.4) is 0 Å². The van der Waals surface area contributed by atoms with Crippen molar-refractivity contribution in [1.29, 1.82) is 0 Å². The van der Waals surface area contributed by atoms with Crippen LogP contribution < -0.4 is 0 Å². The van der Waals surface area contributed by atoms with Gasteiger partial charge in [-0.1, -0.05) is 11.6 Å². The van der Waals surface area contributed by atoms with Gasteiger partial charge < -0.3 is 4.74 Å². The van der Waals surface area contributed by atoms with Gasteiger partial charge in [-0.05, 0) is 37.3 Å². The molecule has 0 amide bonds. The molecule has 0 unspecified atom stereocenters. The SMILES string of the molecule is C[C@H](OC(=O)c1ccc(Cl)cc1[N+](=O)[O-])C(=O)c1ccc(F)c(F)c1. The Balaban J connectivity index is 2.21. The zero-order chi connectivity index (χ0) is 18.7. The number of nitro groups is 1. The summed E-state index contributed by atoms with van der Waals surface area (Å²) in [4.78, 5) is 34.4. The molecule has 1 atom stereocenters. The summed E-state index contributed by atoms with van der Waals surface area (Å²) < 4.78 is 31.0. The van der Waals surface area contributed by atoms with Gasteiger partial charge in [0.15, 0.2) is 17.7 Å². The predicted octanol–water partition coefficient (Wildman–Crippen LogP) is 3.95. The highest BCUT2D eigenvalue weighted by Crippen LogP contribution is 2.24. The Bertz CT molecular complexity index is 872. The number of Topliss-reactive ketones (excluding diaryl/α,β-unsaturated/α-hetero) is 1. The van der Waals surface area contributed by atoms with Crippen LogP contribution in [0.25, 0.3) is 0 Å². The fourth-order valence-electron chi connectivity index (χ4n) is 1.99. The fraction of sp³-hybridized carbons (Fsp3) is 0.125. The molecular weight excluding hydrogens is 360 g/mol. The van der Waals surface area contributed by atoms with Crippen molar-refractivity contribution >= 4 is 29.0 Å². The summed E-state index contributed by atoms with van der Waals surface area (Å²) in [5.41, 5.74) is -1.17. The Morgan fingerprint density at radius 3 is 2.44 bits per heavy atom. The number of hydrogen-bond donors (Lipinski definition) is 0. The Morgan fingerprint density at radius 2 is 1.84 bits per heavy atom. The first kappa shape index (κ1) is 18.5. The summed E-state index contributed by atoms with van der Waals surface area (Å²) in [6.07, 6.45) is -1.37. The fourth-order valence-corrected chi connectivity index (χ4v) is 2.16. The number of hydrogen-bond acceptors (Lipinski definition) is 5. The molecule has 0 N–H and O–H groups in total. The third kappa shape index (κ3) is 4.16. The summed E-state index contributed by atoms with van der Waals surface area (Å²) in [7, 11) is 0. The summed E-state index contributed by atoms with van der Waals surface area (Å²) in [5, 5.41) is 11.0. The van der Waals surface area contributed by atoms with Crippen molar-refractivity contribution in [3.8, 4) is 0 Å². The minimum atomic E-state index is -1.37. The van der Waals surface area contributed by atoms with Crippen LogP contribution in [-0.4, -0.2) is 22.8 Å². The quantitative estimate of drug-likeness (QED) is 0.344. The van der Waals surface area contributed by atoms with Crippen LogP contribution >= 0.6 is 11.6 Å². The molecule has 0 saturated carbocycles. The molecule has 0 aliphatic rings. The largest absolute Gasteiger partial charge is 0.450 e. The molecule has 130 valence electrons. The van der Waals surface area contributed by atoms with Gasteiger partial charge in [0.2, 0.25) is 5.78 Å². The Labute approximate surface area is 145 Å². The highest BCUT2D eigenvalue weighted by atomic mass is 35.5. The lowest BCUT2D eigenvalue weighted by molar-refractivity contribution is -0.385. The van der Waals surface area contributed by atoms with Crippen LogP contribution in [0.2, 0.25) is 5.02 Å². The Morgan fingerprint density at radius 1 is 1.16 bits per heavy atom. The van der Waals surface area contributed by atoms with Gasteiger partial charge in [0.05, 0.1) is 4.92 Å². The van der Waals surface area contributed by atoms with Crippen LogP contribution in [-0.2, 0) is 4.74 Å². The predicted molar refractivity (Wildman–Crippen MR) is 83.7 cm³/mol. The number of halogens is 3. The van der Waals surface area contributed by atoms with Crippen molar-refractivity contribution in [2.24, 2.45) is 0 Å². The number of rotatable bonds is 5. The minimum Gasteiger partial charge on any atom is -0.450 e. The molecule has 9 heteroatoms. The smallest absolute Gasteiger partial charge is 0.345 e. The third-order valence-electron chi connectivity index (χ3n) is 3.23. The maximum Gasteiger partial charge on any atom is 0.345 e. The van der Waals surface area contributed by atoms with Crippen molar-refractivity contribution in [3.63, 3.8) is 0 Å². The summed E-state index contributed by atoms with van der Waals surface area (Å²) in [5.74, 6) is -4.26. The zero-order valence-corrected chi connectivity index (χ0v) is 13.4. The Hall–Kier alpha value is -2.87. The number of nitrogens with zero attached hydrogens (tertiary/aromatic N) is 1. The van der Waals surface area contributed by atoms with E-state index in [1.54, 1.807) is 0 Å². The van der Waals surface area contributed by atoms with Gasteiger partial charge in [-0.2, -0.15) is 0 Å². The lowest BCUT2D eigenvalue weighted by Crippen LogP contribution is -2.25. The van der Waals surface area contributed by atoms with E-state index in [2.05, 4.69) is 0 Å². The molecule has 0 fully saturated rings. The molecule has 6 nitrogen and oxygen atoms in total. The Kier molecular flexibility index (Phi) is 5.43. The molecule has 0 bridgehead atoms. The van der Waals surface area contributed by atoms with Crippen LogP contribution in [0.4, 0.5) is 14.5 Å². The maximum atomic E-state index is 13.2. The maximum absolute atomic E-state index is 13.2. The summed E-state index contributed by atoms with van der Waals surface area (Å²) in [6, 6.07) is 5.80. The number of carbonyl (C=O) groups is 2. The van der Waals surface area contributed by atoms with Gasteiger partial charge >= 0.3 is 5.97 Å². The van der Waals surface area contributed by atoms with E-state index in [4.69, 9.17) is 16.3 Å². The van der Waals surface area contributed by atoms with Gasteiger partial charge in [0.25, 0.3) is 5.69 Å². The molecule has 0 saturated heterocycles. The van der Waals surface area contributed by atoms with Crippen LogP contribution in [0.5, 0.6) is 0 Å². The van der Waals surface area contributed by atoms with Crippen molar-refractivity contribution in [1.82, 2.24) is 0 Å². The average Bonchev–Trinajstić information content (AvgIpc) is 2.56. The van der Waals surface area contributed by atoms with Gasteiger partial charge in [0, 0.05) is 16.7 Å². The second-order valence-corrected chi connectivity index (χ2v) is 5.40. The molecule has 2 rings (SSSR count). The molecule has 0 aromatic heterocycles. The van der Waals surface area contributed by atoms with Gasteiger partial charge in [0.1, 0.15) is 5.56 Å². The molecular formula is C16H10ClF2NO5. The topological polar surface area (TPSA) is 86.5 Å². The number of nitro benzene ring substituents is 1. The minimum absolute atomic E-state index is 0.0502. The number of carbonyl (C=O) groups excluding carboxylic acids is 2. The lowest BCUT2D eigenvalue weighted by Gasteiger charge is -2.12. The van der Waals surface area contributed by atoms with E-state index in [9.17, 15) is 28.5 Å². The van der Waals surface area contributed by atoms with E-state index in [0.717, 1.165) is 24.3 Å². The van der Waals surface area contributed by atoms with Crippen LogP contribution in [0.1, 0.15) is 27.6 Å². The lowest BCUT2D eigenvalue weighted by atomic mass is 10.1. The first-order valence-corrected chi connectivity index (χ1v) is 7.22. The first-order valence-electron chi connectivity index (χ1n) is 6.85. The summed E-state index contributed by atoms with van der Waals surface area (Å²) in [6.45, 7) is 1.21.